The molecule has 1 aromatic rings. The summed E-state index contributed by atoms with van der Waals surface area (Å²) in [5.74, 6) is -0.613. The third-order valence-electron chi connectivity index (χ3n) is 0.909. The molecule has 0 fully saturated rings. The number of hydrogen-bond donors (Lipinski definition) is 1. The Hall–Kier alpha value is -0.870. The van der Waals surface area contributed by atoms with Gasteiger partial charge in [-0.1, -0.05) is 0 Å². The van der Waals surface area contributed by atoms with E-state index in [2.05, 4.69) is 0 Å². The van der Waals surface area contributed by atoms with Gasteiger partial charge in [0, 0.05) is 6.07 Å². The van der Waals surface area contributed by atoms with Crippen molar-refractivity contribution in [1.82, 2.24) is 0 Å². The van der Waals surface area contributed by atoms with Crippen LogP contribution in [0.3, 0.4) is 0 Å². The summed E-state index contributed by atoms with van der Waals surface area (Å²) in [5.41, 5.74) is 4.85. The van der Waals surface area contributed by atoms with Crippen LogP contribution in [0.4, 0.5) is 0 Å². The van der Waals surface area contributed by atoms with Crippen LogP contribution >= 0.6 is 10.8 Å². The standard InChI is InChI=1S/C5H5NO2S/c6-5(7)4-2-1-3-9(4)8/h1-3H,(H2,6,7). The van der Waals surface area contributed by atoms with Gasteiger partial charge >= 0.3 is 5.91 Å². The van der Waals surface area contributed by atoms with E-state index in [-0.39, 0.29) is 4.88 Å². The van der Waals surface area contributed by atoms with Crippen LogP contribution in [0.15, 0.2) is 17.5 Å². The summed E-state index contributed by atoms with van der Waals surface area (Å²) in [6.07, 6.45) is 0. The number of amides is 1. The van der Waals surface area contributed by atoms with Gasteiger partial charge in [-0.25, -0.2) is 0 Å². The maximum Gasteiger partial charge on any atom is 0.301 e. The molecule has 0 saturated carbocycles. The van der Waals surface area contributed by atoms with E-state index in [0.29, 0.717) is 0 Å². The van der Waals surface area contributed by atoms with Crippen LogP contribution in [0.25, 0.3) is 0 Å². The van der Waals surface area contributed by atoms with Gasteiger partial charge in [-0.05, 0) is 16.8 Å². The zero-order chi connectivity index (χ0) is 6.85. The summed E-state index contributed by atoms with van der Waals surface area (Å²) in [5, 5.41) is 1.42. The third-order valence-corrected chi connectivity index (χ3v) is 2.08. The Morgan fingerprint density at radius 1 is 1.78 bits per heavy atom. The van der Waals surface area contributed by atoms with E-state index in [4.69, 9.17) is 5.73 Å². The average molecular weight is 143 g/mol. The quantitative estimate of drug-likeness (QED) is 0.582. The first kappa shape index (κ1) is 6.25. The zero-order valence-electron chi connectivity index (χ0n) is 4.53. The van der Waals surface area contributed by atoms with Crippen LogP contribution in [-0.2, 0) is 0 Å². The normalized spacial score (nSPS) is 11.4. The topological polar surface area (TPSA) is 66.2 Å². The first-order chi connectivity index (χ1) is 4.22. The molecule has 0 spiro atoms. The molecule has 0 aromatic carbocycles. The fraction of sp³-hybridized carbons (Fsp3) is 0. The van der Waals surface area contributed by atoms with Crippen molar-refractivity contribution >= 4 is 16.7 Å². The van der Waals surface area contributed by atoms with Gasteiger partial charge < -0.3 is 10.3 Å². The molecule has 1 unspecified atom stereocenters. The Morgan fingerprint density at radius 3 is 2.67 bits per heavy atom. The molecule has 2 N–H and O–H groups in total. The second-order valence-corrected chi connectivity index (χ2v) is 2.83. The summed E-state index contributed by atoms with van der Waals surface area (Å²) in [6.45, 7) is 0. The minimum absolute atomic E-state index is 0.176. The molecule has 48 valence electrons. The van der Waals surface area contributed by atoms with Crippen LogP contribution in [-0.4, -0.2) is 10.5 Å². The van der Waals surface area contributed by atoms with Gasteiger partial charge in [0.25, 0.3) is 0 Å². The molecule has 1 atom stereocenters. The highest BCUT2D eigenvalue weighted by Gasteiger charge is 2.09. The first-order valence-corrected chi connectivity index (χ1v) is 3.52. The summed E-state index contributed by atoms with van der Waals surface area (Å²) in [4.78, 5) is 10.5. The van der Waals surface area contributed by atoms with Crippen molar-refractivity contribution in [2.75, 3.05) is 0 Å². The monoisotopic (exact) mass is 143 g/mol. The predicted octanol–water partition coefficient (Wildman–Crippen LogP) is 0.513. The molecule has 3 nitrogen and oxygen atoms in total. The van der Waals surface area contributed by atoms with Crippen molar-refractivity contribution in [3.05, 3.63) is 22.4 Å². The SMILES string of the molecule is NC(=O)c1ccc[s+]1[O-]. The van der Waals surface area contributed by atoms with Crippen molar-refractivity contribution in [1.29, 1.82) is 0 Å². The number of carbonyl (C=O) groups excluding carboxylic acids is 1. The maximum atomic E-state index is 10.7. The summed E-state index contributed by atoms with van der Waals surface area (Å²) < 4.78 is 10.7. The zero-order valence-corrected chi connectivity index (χ0v) is 5.35. The lowest BCUT2D eigenvalue weighted by Gasteiger charge is -1.87. The molecule has 1 heterocycles. The Morgan fingerprint density at radius 2 is 2.44 bits per heavy atom. The molecule has 0 bridgehead atoms. The Balaban J connectivity index is 3.08. The Bertz CT molecular complexity index is 231. The fourth-order valence-electron chi connectivity index (χ4n) is 0.520. The van der Waals surface area contributed by atoms with E-state index in [0.717, 1.165) is 0 Å². The highest BCUT2D eigenvalue weighted by atomic mass is 32.2. The lowest BCUT2D eigenvalue weighted by atomic mass is 10.5. The maximum absolute atomic E-state index is 10.7. The van der Waals surface area contributed by atoms with Crippen molar-refractivity contribution < 1.29 is 9.35 Å². The number of thiophene rings is 1. The third kappa shape index (κ3) is 1.09. The van der Waals surface area contributed by atoms with Gasteiger partial charge in [-0.3, -0.25) is 4.79 Å². The summed E-state index contributed by atoms with van der Waals surface area (Å²) >= 11 is 0. The minimum atomic E-state index is -1.28. The van der Waals surface area contributed by atoms with E-state index < -0.39 is 16.7 Å². The van der Waals surface area contributed by atoms with E-state index >= 15 is 0 Å². The van der Waals surface area contributed by atoms with Gasteiger partial charge in [0.1, 0.15) is 5.38 Å². The second-order valence-electron chi connectivity index (χ2n) is 1.52. The number of rotatable bonds is 1. The van der Waals surface area contributed by atoms with Gasteiger partial charge in [-0.2, -0.15) is 0 Å². The summed E-state index contributed by atoms with van der Waals surface area (Å²) in [7, 11) is -1.28. The molecule has 4 heteroatoms. The molecule has 0 aliphatic heterocycles. The van der Waals surface area contributed by atoms with Crippen LogP contribution in [0.1, 0.15) is 9.67 Å². The average Bonchev–Trinajstić information content (AvgIpc) is 2.13. The van der Waals surface area contributed by atoms with Crippen molar-refractivity contribution in [3.8, 4) is 0 Å². The number of hydrogen-bond acceptors (Lipinski definition) is 2. The van der Waals surface area contributed by atoms with Crippen LogP contribution < -0.4 is 5.73 Å². The summed E-state index contributed by atoms with van der Waals surface area (Å²) in [6, 6.07) is 3.01. The minimum Gasteiger partial charge on any atom is -0.590 e. The molecular weight excluding hydrogens is 138 g/mol. The second kappa shape index (κ2) is 2.16. The van der Waals surface area contributed by atoms with E-state index in [1.54, 1.807) is 6.07 Å². The fourth-order valence-corrected chi connectivity index (χ4v) is 1.30. The van der Waals surface area contributed by atoms with Gasteiger partial charge in [0.15, 0.2) is 0 Å². The van der Waals surface area contributed by atoms with Crippen LogP contribution in [0.5, 0.6) is 0 Å². The number of primary amides is 1. The molecule has 1 amide bonds. The molecule has 0 aliphatic carbocycles. The molecule has 0 radical (unpaired) electrons. The highest BCUT2D eigenvalue weighted by Crippen LogP contribution is 2.18. The van der Waals surface area contributed by atoms with E-state index in [1.165, 1.54) is 11.4 Å². The lowest BCUT2D eigenvalue weighted by Crippen LogP contribution is -2.09. The van der Waals surface area contributed by atoms with Gasteiger partial charge in [0.2, 0.25) is 4.88 Å². The predicted molar refractivity (Wildman–Crippen MR) is 33.6 cm³/mol. The van der Waals surface area contributed by atoms with Crippen LogP contribution in [0, 0.1) is 0 Å². The smallest absolute Gasteiger partial charge is 0.301 e. The van der Waals surface area contributed by atoms with Crippen molar-refractivity contribution in [2.24, 2.45) is 5.73 Å². The first-order valence-electron chi connectivity index (χ1n) is 2.30. The van der Waals surface area contributed by atoms with Gasteiger partial charge in [-0.15, -0.1) is 0 Å². The Kier molecular flexibility index (Phi) is 1.50. The van der Waals surface area contributed by atoms with Crippen molar-refractivity contribution in [3.63, 3.8) is 0 Å². The van der Waals surface area contributed by atoms with E-state index in [1.807, 2.05) is 0 Å². The molecule has 9 heavy (non-hydrogen) atoms. The van der Waals surface area contributed by atoms with Crippen LogP contribution in [0.2, 0.25) is 0 Å². The molecule has 1 aromatic heterocycles. The lowest BCUT2D eigenvalue weighted by molar-refractivity contribution is 0.100. The van der Waals surface area contributed by atoms with Crippen molar-refractivity contribution in [2.45, 2.75) is 0 Å². The highest BCUT2D eigenvalue weighted by molar-refractivity contribution is 7.25. The molecule has 0 aliphatic rings. The molecule has 0 saturated heterocycles. The Labute approximate surface area is 54.9 Å². The molecule has 1 rings (SSSR count). The number of nitrogens with two attached hydrogens (primary N) is 1. The molecular formula is C5H5NO2S. The van der Waals surface area contributed by atoms with E-state index in [9.17, 15) is 9.35 Å². The largest absolute Gasteiger partial charge is 0.590 e. The number of carbonyl (C=O) groups is 1. The van der Waals surface area contributed by atoms with Gasteiger partial charge in [0.05, 0.1) is 0 Å².